The number of para-hydroxylation sites is 1. The van der Waals surface area contributed by atoms with Crippen molar-refractivity contribution >= 4 is 15.7 Å². The van der Waals surface area contributed by atoms with Gasteiger partial charge in [-0.2, -0.15) is 0 Å². The molecule has 3 rings (SSSR count). The number of pyridine rings is 1. The topological polar surface area (TPSA) is 93.3 Å². The van der Waals surface area contributed by atoms with Crippen molar-refractivity contribution in [2.45, 2.75) is 4.90 Å². The van der Waals surface area contributed by atoms with Gasteiger partial charge in [-0.1, -0.05) is 30.3 Å². The molecule has 24 heavy (non-hydrogen) atoms. The SMILES string of the molecule is CS(=O)(=O)c1ccc(-c2cnc(N)c(-c3ccccc3O)c2)cc1. The first-order chi connectivity index (χ1) is 11.4. The third-order valence-corrected chi connectivity index (χ3v) is 4.86. The summed E-state index contributed by atoms with van der Waals surface area (Å²) < 4.78 is 23.1. The Kier molecular flexibility index (Phi) is 3.99. The maximum absolute atomic E-state index is 11.5. The van der Waals surface area contributed by atoms with Crippen LogP contribution in [0.2, 0.25) is 0 Å². The van der Waals surface area contributed by atoms with Gasteiger partial charge in [-0.05, 0) is 29.8 Å². The van der Waals surface area contributed by atoms with Crippen molar-refractivity contribution in [1.29, 1.82) is 0 Å². The fourth-order valence-electron chi connectivity index (χ4n) is 2.44. The average molecular weight is 340 g/mol. The van der Waals surface area contributed by atoms with Crippen molar-refractivity contribution in [3.63, 3.8) is 0 Å². The molecule has 0 saturated heterocycles. The summed E-state index contributed by atoms with van der Waals surface area (Å²) in [5, 5.41) is 10.0. The second-order valence-corrected chi connectivity index (χ2v) is 7.49. The fourth-order valence-corrected chi connectivity index (χ4v) is 3.08. The standard InChI is InChI=1S/C18H16N2O3S/c1-24(22,23)14-8-6-12(7-9-14)13-10-16(18(19)20-11-13)15-4-2-3-5-17(15)21/h2-11,21H,1H3,(H2,19,20). The van der Waals surface area contributed by atoms with Crippen molar-refractivity contribution < 1.29 is 13.5 Å². The van der Waals surface area contributed by atoms with Gasteiger partial charge >= 0.3 is 0 Å². The van der Waals surface area contributed by atoms with Crippen LogP contribution in [0.3, 0.4) is 0 Å². The van der Waals surface area contributed by atoms with Gasteiger partial charge < -0.3 is 10.8 Å². The Morgan fingerprint density at radius 3 is 2.25 bits per heavy atom. The van der Waals surface area contributed by atoms with Crippen LogP contribution in [0.5, 0.6) is 5.75 Å². The number of nitrogen functional groups attached to an aromatic ring is 1. The number of anilines is 1. The molecule has 0 unspecified atom stereocenters. The molecule has 1 aromatic heterocycles. The van der Waals surface area contributed by atoms with E-state index in [2.05, 4.69) is 4.98 Å². The number of sulfone groups is 1. The van der Waals surface area contributed by atoms with E-state index >= 15 is 0 Å². The molecule has 0 amide bonds. The first-order valence-corrected chi connectivity index (χ1v) is 9.10. The maximum atomic E-state index is 11.5. The number of nitrogens with two attached hydrogens (primary N) is 1. The van der Waals surface area contributed by atoms with E-state index in [1.54, 1.807) is 48.7 Å². The smallest absolute Gasteiger partial charge is 0.175 e. The monoisotopic (exact) mass is 340 g/mol. The predicted molar refractivity (Wildman–Crippen MR) is 94.3 cm³/mol. The number of hydrogen-bond acceptors (Lipinski definition) is 5. The van der Waals surface area contributed by atoms with Crippen LogP contribution < -0.4 is 5.73 Å². The summed E-state index contributed by atoms with van der Waals surface area (Å²) in [6, 6.07) is 15.3. The Morgan fingerprint density at radius 2 is 1.62 bits per heavy atom. The van der Waals surface area contributed by atoms with Crippen LogP contribution in [0, 0.1) is 0 Å². The molecule has 3 aromatic rings. The van der Waals surface area contributed by atoms with Crippen LogP contribution in [-0.2, 0) is 9.84 Å². The lowest BCUT2D eigenvalue weighted by Crippen LogP contribution is -1.97. The maximum Gasteiger partial charge on any atom is 0.175 e. The van der Waals surface area contributed by atoms with Gasteiger partial charge in [0.15, 0.2) is 9.84 Å². The molecule has 0 aliphatic carbocycles. The second kappa shape index (κ2) is 5.98. The lowest BCUT2D eigenvalue weighted by molar-refractivity contribution is 0.477. The molecule has 6 heteroatoms. The number of phenols is 1. The summed E-state index contributed by atoms with van der Waals surface area (Å²) in [7, 11) is -3.23. The average Bonchev–Trinajstić information content (AvgIpc) is 2.55. The Bertz CT molecular complexity index is 997. The molecule has 3 N–H and O–H groups in total. The van der Waals surface area contributed by atoms with Crippen molar-refractivity contribution in [2.75, 3.05) is 12.0 Å². The van der Waals surface area contributed by atoms with E-state index in [0.717, 1.165) is 11.1 Å². The highest BCUT2D eigenvalue weighted by Crippen LogP contribution is 2.34. The molecule has 0 fully saturated rings. The number of benzene rings is 2. The van der Waals surface area contributed by atoms with E-state index in [1.165, 1.54) is 6.26 Å². The first-order valence-electron chi connectivity index (χ1n) is 7.20. The molecule has 0 aliphatic rings. The highest BCUT2D eigenvalue weighted by Gasteiger charge is 2.11. The largest absolute Gasteiger partial charge is 0.507 e. The molecule has 122 valence electrons. The van der Waals surface area contributed by atoms with Gasteiger partial charge in [0.25, 0.3) is 0 Å². The molecule has 5 nitrogen and oxygen atoms in total. The molecule has 0 radical (unpaired) electrons. The Labute approximate surface area is 140 Å². The van der Waals surface area contributed by atoms with Gasteiger partial charge in [-0.3, -0.25) is 0 Å². The third kappa shape index (κ3) is 3.09. The number of aromatic hydroxyl groups is 1. The number of nitrogens with zero attached hydrogens (tertiary/aromatic N) is 1. The molecular formula is C18H16N2O3S. The number of aromatic nitrogens is 1. The second-order valence-electron chi connectivity index (χ2n) is 5.47. The summed E-state index contributed by atoms with van der Waals surface area (Å²) >= 11 is 0. The quantitative estimate of drug-likeness (QED) is 0.764. The van der Waals surface area contributed by atoms with Crippen molar-refractivity contribution in [1.82, 2.24) is 4.98 Å². The fraction of sp³-hybridized carbons (Fsp3) is 0.0556. The van der Waals surface area contributed by atoms with Gasteiger partial charge in [0.05, 0.1) is 4.90 Å². The minimum Gasteiger partial charge on any atom is -0.507 e. The number of hydrogen-bond donors (Lipinski definition) is 2. The van der Waals surface area contributed by atoms with Crippen LogP contribution in [0.1, 0.15) is 0 Å². The number of rotatable bonds is 3. The summed E-state index contributed by atoms with van der Waals surface area (Å²) in [5.41, 5.74) is 8.76. The molecule has 0 aliphatic heterocycles. The highest BCUT2D eigenvalue weighted by molar-refractivity contribution is 7.90. The van der Waals surface area contributed by atoms with Gasteiger partial charge in [0.1, 0.15) is 11.6 Å². The predicted octanol–water partition coefficient (Wildman–Crippen LogP) is 3.11. The lowest BCUT2D eigenvalue weighted by atomic mass is 10.0. The van der Waals surface area contributed by atoms with E-state index in [1.807, 2.05) is 12.1 Å². The van der Waals surface area contributed by atoms with Crippen molar-refractivity contribution in [3.05, 3.63) is 60.8 Å². The Morgan fingerprint density at radius 1 is 0.958 bits per heavy atom. The zero-order chi connectivity index (χ0) is 17.3. The summed E-state index contributed by atoms with van der Waals surface area (Å²) in [6.07, 6.45) is 2.79. The van der Waals surface area contributed by atoms with Crippen LogP contribution in [0.15, 0.2) is 65.7 Å². The molecule has 0 spiro atoms. The molecule has 2 aromatic carbocycles. The first kappa shape index (κ1) is 16.0. The van der Waals surface area contributed by atoms with E-state index < -0.39 is 9.84 Å². The number of phenolic OH excluding ortho intramolecular Hbond substituents is 1. The van der Waals surface area contributed by atoms with Crippen molar-refractivity contribution in [2.24, 2.45) is 0 Å². The van der Waals surface area contributed by atoms with Gasteiger partial charge in [-0.25, -0.2) is 13.4 Å². The minimum absolute atomic E-state index is 0.121. The molecule has 0 bridgehead atoms. The van der Waals surface area contributed by atoms with E-state index in [0.29, 0.717) is 16.9 Å². The minimum atomic E-state index is -3.23. The van der Waals surface area contributed by atoms with Crippen LogP contribution in [-0.4, -0.2) is 24.8 Å². The van der Waals surface area contributed by atoms with Crippen molar-refractivity contribution in [3.8, 4) is 28.0 Å². The summed E-state index contributed by atoms with van der Waals surface area (Å²) in [5.74, 6) is 0.434. The van der Waals surface area contributed by atoms with Gasteiger partial charge in [-0.15, -0.1) is 0 Å². The Balaban J connectivity index is 2.08. The normalized spacial score (nSPS) is 11.4. The molecule has 0 atom stereocenters. The molecule has 1 heterocycles. The van der Waals surface area contributed by atoms with Crippen LogP contribution >= 0.6 is 0 Å². The van der Waals surface area contributed by atoms with E-state index in [-0.39, 0.29) is 10.6 Å². The Hall–Kier alpha value is -2.86. The lowest BCUT2D eigenvalue weighted by Gasteiger charge is -2.10. The highest BCUT2D eigenvalue weighted by atomic mass is 32.2. The van der Waals surface area contributed by atoms with Crippen LogP contribution in [0.25, 0.3) is 22.3 Å². The molecular weight excluding hydrogens is 324 g/mol. The zero-order valence-electron chi connectivity index (χ0n) is 13.0. The van der Waals surface area contributed by atoms with E-state index in [4.69, 9.17) is 5.73 Å². The van der Waals surface area contributed by atoms with Gasteiger partial charge in [0, 0.05) is 29.1 Å². The zero-order valence-corrected chi connectivity index (χ0v) is 13.8. The van der Waals surface area contributed by atoms with E-state index in [9.17, 15) is 13.5 Å². The third-order valence-electron chi connectivity index (χ3n) is 3.73. The van der Waals surface area contributed by atoms with Gasteiger partial charge in [0.2, 0.25) is 0 Å². The summed E-state index contributed by atoms with van der Waals surface area (Å²) in [6.45, 7) is 0. The molecule has 0 saturated carbocycles. The van der Waals surface area contributed by atoms with Crippen LogP contribution in [0.4, 0.5) is 5.82 Å². The summed E-state index contributed by atoms with van der Waals surface area (Å²) in [4.78, 5) is 4.45.